The Morgan fingerprint density at radius 2 is 2.06 bits per heavy atom. The van der Waals surface area contributed by atoms with Crippen molar-refractivity contribution in [3.05, 3.63) is 28.8 Å². The summed E-state index contributed by atoms with van der Waals surface area (Å²) in [4.78, 5) is 0. The summed E-state index contributed by atoms with van der Waals surface area (Å²) in [6.45, 7) is 2.00. The molecule has 0 amide bonds. The summed E-state index contributed by atoms with van der Waals surface area (Å²) in [6.07, 6.45) is 3.48. The second-order valence-corrected chi connectivity index (χ2v) is 4.85. The van der Waals surface area contributed by atoms with Gasteiger partial charge < -0.3 is 9.84 Å². The van der Waals surface area contributed by atoms with Gasteiger partial charge in [0.25, 0.3) is 0 Å². The van der Waals surface area contributed by atoms with Crippen LogP contribution in [-0.4, -0.2) is 17.3 Å². The van der Waals surface area contributed by atoms with Crippen molar-refractivity contribution in [2.24, 2.45) is 0 Å². The van der Waals surface area contributed by atoms with Crippen LogP contribution in [0.1, 0.15) is 31.2 Å². The number of hydrogen-bond donors (Lipinski definition) is 1. The first-order valence-electron chi connectivity index (χ1n) is 5.77. The molecule has 0 radical (unpaired) electrons. The van der Waals surface area contributed by atoms with E-state index in [0.29, 0.717) is 10.8 Å². The fraction of sp³-hybridized carbons (Fsp3) is 0.538. The fourth-order valence-corrected chi connectivity index (χ4v) is 2.24. The summed E-state index contributed by atoms with van der Waals surface area (Å²) in [7, 11) is 0. The highest BCUT2D eigenvalue weighted by Gasteiger charge is 2.25. The normalized spacial score (nSPS) is 25.4. The van der Waals surface area contributed by atoms with Crippen LogP contribution < -0.4 is 4.74 Å². The first-order chi connectivity index (χ1) is 7.66. The number of rotatable bonds is 2. The van der Waals surface area contributed by atoms with Gasteiger partial charge in [-0.25, -0.2) is 0 Å². The maximum Gasteiger partial charge on any atom is 0.138 e. The molecule has 1 aromatic carbocycles. The SMILES string of the molecule is Cc1ccc(Cl)c(O[C@@H]2CCCC[C@H]2O)c1. The van der Waals surface area contributed by atoms with Crippen LogP contribution in [0, 0.1) is 6.92 Å². The van der Waals surface area contributed by atoms with E-state index in [2.05, 4.69) is 0 Å². The average molecular weight is 241 g/mol. The van der Waals surface area contributed by atoms with Crippen molar-refractivity contribution in [1.29, 1.82) is 0 Å². The highest BCUT2D eigenvalue weighted by molar-refractivity contribution is 6.32. The molecule has 0 spiro atoms. The minimum absolute atomic E-state index is 0.104. The number of benzene rings is 1. The molecule has 0 bridgehead atoms. The largest absolute Gasteiger partial charge is 0.486 e. The van der Waals surface area contributed by atoms with Gasteiger partial charge in [-0.15, -0.1) is 0 Å². The Balaban J connectivity index is 2.10. The van der Waals surface area contributed by atoms with E-state index < -0.39 is 0 Å². The van der Waals surface area contributed by atoms with Gasteiger partial charge in [0.1, 0.15) is 11.9 Å². The zero-order valence-electron chi connectivity index (χ0n) is 9.45. The lowest BCUT2D eigenvalue weighted by atomic mass is 9.95. The molecule has 0 aromatic heterocycles. The maximum absolute atomic E-state index is 9.82. The molecule has 1 aromatic rings. The molecule has 3 heteroatoms. The van der Waals surface area contributed by atoms with Gasteiger partial charge in [0.15, 0.2) is 0 Å². The van der Waals surface area contributed by atoms with E-state index in [-0.39, 0.29) is 12.2 Å². The van der Waals surface area contributed by atoms with Crippen molar-refractivity contribution in [2.45, 2.75) is 44.8 Å². The summed E-state index contributed by atoms with van der Waals surface area (Å²) < 4.78 is 5.80. The average Bonchev–Trinajstić information content (AvgIpc) is 2.27. The third kappa shape index (κ3) is 2.69. The van der Waals surface area contributed by atoms with Crippen molar-refractivity contribution in [1.82, 2.24) is 0 Å². The predicted molar refractivity (Wildman–Crippen MR) is 65.1 cm³/mol. The zero-order chi connectivity index (χ0) is 11.5. The lowest BCUT2D eigenvalue weighted by molar-refractivity contribution is 0.00690. The van der Waals surface area contributed by atoms with Gasteiger partial charge in [0.2, 0.25) is 0 Å². The second kappa shape index (κ2) is 5.07. The number of aryl methyl sites for hydroxylation is 1. The number of aliphatic hydroxyl groups is 1. The van der Waals surface area contributed by atoms with Crippen LogP contribution in [0.5, 0.6) is 5.75 Å². The quantitative estimate of drug-likeness (QED) is 0.859. The van der Waals surface area contributed by atoms with Crippen LogP contribution in [0.4, 0.5) is 0 Å². The molecule has 2 rings (SSSR count). The molecule has 16 heavy (non-hydrogen) atoms. The second-order valence-electron chi connectivity index (χ2n) is 4.44. The van der Waals surface area contributed by atoms with Crippen molar-refractivity contribution in [3.63, 3.8) is 0 Å². The van der Waals surface area contributed by atoms with Gasteiger partial charge in [0, 0.05) is 0 Å². The summed E-state index contributed by atoms with van der Waals surface area (Å²) in [5, 5.41) is 10.4. The number of aliphatic hydroxyl groups excluding tert-OH is 1. The fourth-order valence-electron chi connectivity index (χ4n) is 2.08. The van der Waals surface area contributed by atoms with Gasteiger partial charge in [0.05, 0.1) is 11.1 Å². The molecule has 1 fully saturated rings. The van der Waals surface area contributed by atoms with E-state index in [0.717, 1.165) is 31.2 Å². The molecule has 1 N–H and O–H groups in total. The molecule has 2 nitrogen and oxygen atoms in total. The van der Waals surface area contributed by atoms with E-state index >= 15 is 0 Å². The summed E-state index contributed by atoms with van der Waals surface area (Å²) >= 11 is 6.06. The smallest absolute Gasteiger partial charge is 0.138 e. The van der Waals surface area contributed by atoms with Gasteiger partial charge in [-0.1, -0.05) is 24.1 Å². The molecule has 88 valence electrons. The molecule has 1 aliphatic carbocycles. The maximum atomic E-state index is 9.82. The van der Waals surface area contributed by atoms with Gasteiger partial charge in [-0.2, -0.15) is 0 Å². The molecule has 1 saturated carbocycles. The van der Waals surface area contributed by atoms with E-state index in [4.69, 9.17) is 16.3 Å². The van der Waals surface area contributed by atoms with Crippen molar-refractivity contribution in [2.75, 3.05) is 0 Å². The Kier molecular flexibility index (Phi) is 3.72. The summed E-state index contributed by atoms with van der Waals surface area (Å²) in [5.74, 6) is 0.688. The predicted octanol–water partition coefficient (Wildman–Crippen LogP) is 3.33. The highest BCUT2D eigenvalue weighted by atomic mass is 35.5. The van der Waals surface area contributed by atoms with Crippen LogP contribution in [0.15, 0.2) is 18.2 Å². The first-order valence-corrected chi connectivity index (χ1v) is 6.15. The van der Waals surface area contributed by atoms with Gasteiger partial charge >= 0.3 is 0 Å². The lowest BCUT2D eigenvalue weighted by Gasteiger charge is -2.28. The Bertz CT molecular complexity index is 365. The van der Waals surface area contributed by atoms with Crippen molar-refractivity contribution in [3.8, 4) is 5.75 Å². The van der Waals surface area contributed by atoms with Gasteiger partial charge in [-0.3, -0.25) is 0 Å². The molecule has 0 heterocycles. The van der Waals surface area contributed by atoms with Crippen LogP contribution in [0.25, 0.3) is 0 Å². The minimum atomic E-state index is -0.356. The highest BCUT2D eigenvalue weighted by Crippen LogP contribution is 2.30. The Morgan fingerprint density at radius 3 is 2.81 bits per heavy atom. The van der Waals surface area contributed by atoms with Gasteiger partial charge in [-0.05, 0) is 43.9 Å². The van der Waals surface area contributed by atoms with E-state index in [9.17, 15) is 5.11 Å². The third-order valence-electron chi connectivity index (χ3n) is 3.03. The molecular weight excluding hydrogens is 224 g/mol. The third-order valence-corrected chi connectivity index (χ3v) is 3.34. The molecule has 1 aliphatic rings. The molecule has 0 aliphatic heterocycles. The monoisotopic (exact) mass is 240 g/mol. The molecule has 0 unspecified atom stereocenters. The van der Waals surface area contributed by atoms with Crippen molar-refractivity contribution >= 4 is 11.6 Å². The van der Waals surface area contributed by atoms with Crippen LogP contribution in [-0.2, 0) is 0 Å². The molecule has 0 saturated heterocycles. The first kappa shape index (κ1) is 11.7. The minimum Gasteiger partial charge on any atom is -0.486 e. The molecule has 2 atom stereocenters. The standard InChI is InChI=1S/C13H17ClO2/c1-9-6-7-10(14)13(8-9)16-12-5-3-2-4-11(12)15/h6-8,11-12,15H,2-5H2,1H3/t11-,12-/m1/s1. The summed E-state index contributed by atoms with van der Waals surface area (Å²) in [6, 6.07) is 5.71. The van der Waals surface area contributed by atoms with E-state index in [1.165, 1.54) is 0 Å². The van der Waals surface area contributed by atoms with Crippen LogP contribution in [0.3, 0.4) is 0 Å². The Hall–Kier alpha value is -0.730. The van der Waals surface area contributed by atoms with Crippen LogP contribution >= 0.6 is 11.6 Å². The number of ether oxygens (including phenoxy) is 1. The number of hydrogen-bond acceptors (Lipinski definition) is 2. The lowest BCUT2D eigenvalue weighted by Crippen LogP contribution is -2.34. The van der Waals surface area contributed by atoms with Crippen molar-refractivity contribution < 1.29 is 9.84 Å². The Labute approximate surface area is 101 Å². The number of halogens is 1. The van der Waals surface area contributed by atoms with E-state index in [1.807, 2.05) is 25.1 Å². The topological polar surface area (TPSA) is 29.5 Å². The summed E-state index contributed by atoms with van der Waals surface area (Å²) in [5.41, 5.74) is 1.12. The Morgan fingerprint density at radius 1 is 1.31 bits per heavy atom. The van der Waals surface area contributed by atoms with Crippen LogP contribution in [0.2, 0.25) is 5.02 Å². The molecular formula is C13H17ClO2. The van der Waals surface area contributed by atoms with E-state index in [1.54, 1.807) is 0 Å². The zero-order valence-corrected chi connectivity index (χ0v) is 10.2.